The highest BCUT2D eigenvalue weighted by molar-refractivity contribution is 5.96. The largest absolute Gasteiger partial charge is 0.469 e. The zero-order chi connectivity index (χ0) is 11.1. The number of carbonyl (C=O) groups excluding carboxylic acids is 1. The molecule has 86 valence electrons. The van der Waals surface area contributed by atoms with Crippen LogP contribution < -0.4 is 0 Å². The third-order valence-corrected chi connectivity index (χ3v) is 4.38. The third-order valence-electron chi connectivity index (χ3n) is 4.38. The molecule has 2 saturated carbocycles. The van der Waals surface area contributed by atoms with Crippen molar-refractivity contribution in [1.82, 2.24) is 0 Å². The maximum atomic E-state index is 12.0. The molecule has 3 atom stereocenters. The average molecular weight is 218 g/mol. The standard InChI is InChI=1S/C14H18O2/c1-9-4-13(8-16-9)14(15)7-12-6-10-2-3-11(12)5-10/h4,8,10-12H,2-3,5-7H2,1H3. The van der Waals surface area contributed by atoms with E-state index >= 15 is 0 Å². The number of ketones is 1. The van der Waals surface area contributed by atoms with Gasteiger partial charge in [0.25, 0.3) is 0 Å². The first-order valence-electron chi connectivity index (χ1n) is 6.30. The predicted octanol–water partition coefficient (Wildman–Crippen LogP) is 3.60. The molecule has 1 heterocycles. The lowest BCUT2D eigenvalue weighted by Gasteiger charge is -2.20. The highest BCUT2D eigenvalue weighted by atomic mass is 16.3. The minimum absolute atomic E-state index is 0.273. The van der Waals surface area contributed by atoms with Crippen LogP contribution in [-0.2, 0) is 0 Å². The van der Waals surface area contributed by atoms with E-state index in [4.69, 9.17) is 4.42 Å². The van der Waals surface area contributed by atoms with E-state index in [0.717, 1.165) is 29.6 Å². The van der Waals surface area contributed by atoms with Gasteiger partial charge in [0.05, 0.1) is 5.56 Å². The lowest BCUT2D eigenvalue weighted by molar-refractivity contribution is 0.0943. The molecule has 2 aliphatic rings. The van der Waals surface area contributed by atoms with Gasteiger partial charge in [-0.05, 0) is 50.0 Å². The summed E-state index contributed by atoms with van der Waals surface area (Å²) in [6.45, 7) is 1.88. The second-order valence-corrected chi connectivity index (χ2v) is 5.51. The summed E-state index contributed by atoms with van der Waals surface area (Å²) in [5, 5.41) is 0. The van der Waals surface area contributed by atoms with Crippen LogP contribution in [0.15, 0.2) is 16.7 Å². The van der Waals surface area contributed by atoms with Gasteiger partial charge in [0.15, 0.2) is 5.78 Å². The van der Waals surface area contributed by atoms with Crippen LogP contribution in [0.1, 0.15) is 48.2 Å². The van der Waals surface area contributed by atoms with Crippen molar-refractivity contribution in [1.29, 1.82) is 0 Å². The molecule has 3 unspecified atom stereocenters. The summed E-state index contributed by atoms with van der Waals surface area (Å²) in [7, 11) is 0. The molecule has 0 N–H and O–H groups in total. The van der Waals surface area contributed by atoms with Crippen LogP contribution in [0.4, 0.5) is 0 Å². The van der Waals surface area contributed by atoms with Crippen LogP contribution in [0.5, 0.6) is 0 Å². The maximum absolute atomic E-state index is 12.0. The SMILES string of the molecule is Cc1cc(C(=O)CC2CC3CCC2C3)co1. The number of aryl methyl sites for hydroxylation is 1. The third kappa shape index (κ3) is 1.70. The van der Waals surface area contributed by atoms with Crippen LogP contribution in [0.3, 0.4) is 0 Å². The van der Waals surface area contributed by atoms with Gasteiger partial charge in [-0.15, -0.1) is 0 Å². The molecule has 2 bridgehead atoms. The van der Waals surface area contributed by atoms with Gasteiger partial charge in [0.2, 0.25) is 0 Å². The molecule has 2 fully saturated rings. The summed E-state index contributed by atoms with van der Waals surface area (Å²) in [5.41, 5.74) is 0.764. The van der Waals surface area contributed by atoms with Crippen molar-refractivity contribution in [3.63, 3.8) is 0 Å². The first-order valence-corrected chi connectivity index (χ1v) is 6.30. The maximum Gasteiger partial charge on any atom is 0.166 e. The number of furan rings is 1. The highest BCUT2D eigenvalue weighted by Crippen LogP contribution is 2.49. The Labute approximate surface area is 96.0 Å². The Morgan fingerprint density at radius 1 is 1.44 bits per heavy atom. The second-order valence-electron chi connectivity index (χ2n) is 5.51. The molecule has 0 aliphatic heterocycles. The van der Waals surface area contributed by atoms with E-state index in [1.165, 1.54) is 25.7 Å². The lowest BCUT2D eigenvalue weighted by atomic mass is 9.84. The van der Waals surface area contributed by atoms with Gasteiger partial charge in [0.1, 0.15) is 12.0 Å². The van der Waals surface area contributed by atoms with E-state index in [-0.39, 0.29) is 5.78 Å². The quantitative estimate of drug-likeness (QED) is 0.726. The monoisotopic (exact) mass is 218 g/mol. The van der Waals surface area contributed by atoms with Crippen LogP contribution in [0, 0.1) is 24.7 Å². The van der Waals surface area contributed by atoms with Crippen LogP contribution in [0.25, 0.3) is 0 Å². The highest BCUT2D eigenvalue weighted by Gasteiger charge is 2.40. The molecule has 0 amide bonds. The van der Waals surface area contributed by atoms with E-state index in [2.05, 4.69) is 0 Å². The van der Waals surface area contributed by atoms with Crippen molar-refractivity contribution in [2.24, 2.45) is 17.8 Å². The van der Waals surface area contributed by atoms with Crippen molar-refractivity contribution in [3.8, 4) is 0 Å². The smallest absolute Gasteiger partial charge is 0.166 e. The van der Waals surface area contributed by atoms with E-state index in [0.29, 0.717) is 5.92 Å². The van der Waals surface area contributed by atoms with Gasteiger partial charge in [-0.25, -0.2) is 0 Å². The Hall–Kier alpha value is -1.05. The molecule has 2 aliphatic carbocycles. The molecule has 3 rings (SSSR count). The van der Waals surface area contributed by atoms with E-state index in [9.17, 15) is 4.79 Å². The minimum atomic E-state index is 0.273. The number of hydrogen-bond acceptors (Lipinski definition) is 2. The molecule has 2 heteroatoms. The summed E-state index contributed by atoms with van der Waals surface area (Å²) in [6, 6.07) is 1.86. The number of fused-ring (bicyclic) bond motifs is 2. The van der Waals surface area contributed by atoms with Gasteiger partial charge < -0.3 is 4.42 Å². The Morgan fingerprint density at radius 2 is 2.31 bits per heavy atom. The Balaban J connectivity index is 1.65. The number of hydrogen-bond donors (Lipinski definition) is 0. The van der Waals surface area contributed by atoms with Crippen LogP contribution in [0.2, 0.25) is 0 Å². The molecule has 2 nitrogen and oxygen atoms in total. The van der Waals surface area contributed by atoms with Crippen LogP contribution in [-0.4, -0.2) is 5.78 Å². The lowest BCUT2D eigenvalue weighted by Crippen LogP contribution is -2.15. The molecular weight excluding hydrogens is 200 g/mol. The Bertz CT molecular complexity index is 405. The molecule has 0 aromatic carbocycles. The summed E-state index contributed by atoms with van der Waals surface area (Å²) >= 11 is 0. The zero-order valence-corrected chi connectivity index (χ0v) is 9.74. The molecular formula is C14H18O2. The molecule has 16 heavy (non-hydrogen) atoms. The van der Waals surface area contributed by atoms with E-state index in [1.807, 2.05) is 13.0 Å². The number of rotatable bonds is 3. The molecule has 0 radical (unpaired) electrons. The number of carbonyl (C=O) groups is 1. The topological polar surface area (TPSA) is 30.2 Å². The van der Waals surface area contributed by atoms with Crippen molar-refractivity contribution < 1.29 is 9.21 Å². The normalized spacial score (nSPS) is 32.2. The predicted molar refractivity (Wildman–Crippen MR) is 61.3 cm³/mol. The van der Waals surface area contributed by atoms with Crippen molar-refractivity contribution >= 4 is 5.78 Å². The first kappa shape index (κ1) is 10.1. The Kier molecular flexibility index (Phi) is 2.38. The molecule has 0 spiro atoms. The van der Waals surface area contributed by atoms with Crippen molar-refractivity contribution in [2.75, 3.05) is 0 Å². The van der Waals surface area contributed by atoms with Gasteiger partial charge in [-0.2, -0.15) is 0 Å². The Morgan fingerprint density at radius 3 is 2.88 bits per heavy atom. The summed E-state index contributed by atoms with van der Waals surface area (Å²) in [6.07, 6.45) is 7.76. The van der Waals surface area contributed by atoms with Gasteiger partial charge in [-0.1, -0.05) is 6.42 Å². The van der Waals surface area contributed by atoms with E-state index in [1.54, 1.807) is 6.26 Å². The summed E-state index contributed by atoms with van der Waals surface area (Å²) in [5.74, 6) is 3.52. The molecule has 0 saturated heterocycles. The average Bonchev–Trinajstić information content (AvgIpc) is 2.92. The zero-order valence-electron chi connectivity index (χ0n) is 9.74. The van der Waals surface area contributed by atoms with Gasteiger partial charge in [-0.3, -0.25) is 4.79 Å². The van der Waals surface area contributed by atoms with E-state index < -0.39 is 0 Å². The van der Waals surface area contributed by atoms with Gasteiger partial charge in [0, 0.05) is 6.42 Å². The van der Waals surface area contributed by atoms with Crippen LogP contribution >= 0.6 is 0 Å². The van der Waals surface area contributed by atoms with Crippen molar-refractivity contribution in [3.05, 3.63) is 23.7 Å². The second kappa shape index (κ2) is 3.76. The van der Waals surface area contributed by atoms with Crippen molar-refractivity contribution in [2.45, 2.75) is 39.0 Å². The van der Waals surface area contributed by atoms with Gasteiger partial charge >= 0.3 is 0 Å². The minimum Gasteiger partial charge on any atom is -0.469 e. The fraction of sp³-hybridized carbons (Fsp3) is 0.643. The molecule has 1 aromatic heterocycles. The number of Topliss-reactive ketones (excluding diaryl/α,β-unsaturated/α-hetero) is 1. The summed E-state index contributed by atoms with van der Waals surface area (Å²) < 4.78 is 5.19. The fourth-order valence-corrected chi connectivity index (χ4v) is 3.57. The first-order chi connectivity index (χ1) is 7.72. The molecule has 1 aromatic rings. The summed E-state index contributed by atoms with van der Waals surface area (Å²) in [4.78, 5) is 12.0. The fourth-order valence-electron chi connectivity index (χ4n) is 3.57.